The van der Waals surface area contributed by atoms with Gasteiger partial charge in [0.1, 0.15) is 17.5 Å². The van der Waals surface area contributed by atoms with E-state index < -0.39 is 9.84 Å². The Kier molecular flexibility index (Phi) is 5.85. The Morgan fingerprint density at radius 1 is 1.14 bits per heavy atom. The molecule has 3 aromatic heterocycles. The third kappa shape index (κ3) is 4.54. The van der Waals surface area contributed by atoms with Crippen molar-refractivity contribution in [3.8, 4) is 11.3 Å². The Morgan fingerprint density at radius 2 is 1.94 bits per heavy atom. The van der Waals surface area contributed by atoms with Crippen LogP contribution in [0.25, 0.3) is 16.8 Å². The molecule has 0 saturated carbocycles. The first-order chi connectivity index (χ1) is 16.8. The van der Waals surface area contributed by atoms with Crippen LogP contribution in [0.3, 0.4) is 0 Å². The highest BCUT2D eigenvalue weighted by atomic mass is 32.2. The normalized spacial score (nSPS) is 16.4. The number of amides is 1. The van der Waals surface area contributed by atoms with Gasteiger partial charge in [0.2, 0.25) is 0 Å². The number of carbonyl (C=O) groups is 1. The second kappa shape index (κ2) is 8.99. The molecular formula is C24H25N7O3S. The van der Waals surface area contributed by atoms with Crippen LogP contribution in [-0.2, 0) is 9.84 Å². The number of aromatic nitrogens is 4. The number of sulfone groups is 1. The van der Waals surface area contributed by atoms with Crippen LogP contribution >= 0.6 is 0 Å². The number of benzene rings is 1. The van der Waals surface area contributed by atoms with E-state index in [1.54, 1.807) is 53.2 Å². The van der Waals surface area contributed by atoms with Crippen LogP contribution in [0.2, 0.25) is 0 Å². The maximum Gasteiger partial charge on any atom is 0.270 e. The summed E-state index contributed by atoms with van der Waals surface area (Å²) in [5, 5.41) is 7.50. The zero-order valence-electron chi connectivity index (χ0n) is 19.1. The van der Waals surface area contributed by atoms with Gasteiger partial charge in [-0.2, -0.15) is 5.10 Å². The summed E-state index contributed by atoms with van der Waals surface area (Å²) < 4.78 is 25.5. The topological polar surface area (TPSA) is 136 Å². The van der Waals surface area contributed by atoms with Crippen LogP contribution in [-0.4, -0.2) is 59.3 Å². The standard InChI is InChI=1S/C24H25N7O3S/c1-35(33,34)18-9-7-16(8-10-18)20-13-21(22-23(25)27-15-28-31(20)22)30-12-4-5-17(14-30)29-24(32)19-6-2-3-11-26-19/h2-3,6-11,13,15,17H,4-5,12,14H2,1H3,(H,29,32)(H2,25,27,28). The highest BCUT2D eigenvalue weighted by Gasteiger charge is 2.26. The van der Waals surface area contributed by atoms with Crippen molar-refractivity contribution >= 4 is 32.8 Å². The van der Waals surface area contributed by atoms with E-state index in [0.29, 0.717) is 23.6 Å². The average molecular weight is 492 g/mol. The fourth-order valence-corrected chi connectivity index (χ4v) is 5.07. The molecule has 0 aliphatic carbocycles. The Morgan fingerprint density at radius 3 is 2.66 bits per heavy atom. The van der Waals surface area contributed by atoms with Crippen LogP contribution < -0.4 is 16.0 Å². The molecule has 5 rings (SSSR count). The second-order valence-corrected chi connectivity index (χ2v) is 10.6. The van der Waals surface area contributed by atoms with Crippen LogP contribution in [0.4, 0.5) is 11.5 Å². The number of fused-ring (bicyclic) bond motifs is 1. The van der Waals surface area contributed by atoms with Crippen LogP contribution in [0, 0.1) is 0 Å². The number of carbonyl (C=O) groups excluding carboxylic acids is 1. The zero-order valence-corrected chi connectivity index (χ0v) is 19.9. The summed E-state index contributed by atoms with van der Waals surface area (Å²) in [6.45, 7) is 1.38. The average Bonchev–Trinajstić information content (AvgIpc) is 3.25. The number of nitrogens with zero attached hydrogens (tertiary/aromatic N) is 5. The Hall–Kier alpha value is -3.99. The fraction of sp³-hybridized carbons (Fsp3) is 0.250. The highest BCUT2D eigenvalue weighted by molar-refractivity contribution is 7.90. The van der Waals surface area contributed by atoms with Gasteiger partial charge in [-0.3, -0.25) is 9.78 Å². The summed E-state index contributed by atoms with van der Waals surface area (Å²) in [7, 11) is -3.30. The van der Waals surface area contributed by atoms with E-state index in [0.717, 1.165) is 36.3 Å². The van der Waals surface area contributed by atoms with E-state index in [-0.39, 0.29) is 16.8 Å². The molecule has 0 radical (unpaired) electrons. The molecule has 1 aromatic carbocycles. The van der Waals surface area contributed by atoms with E-state index in [1.807, 2.05) is 6.07 Å². The number of nitrogens with two attached hydrogens (primary N) is 1. The minimum absolute atomic E-state index is 0.0587. The minimum atomic E-state index is -3.30. The highest BCUT2D eigenvalue weighted by Crippen LogP contribution is 2.35. The maximum absolute atomic E-state index is 12.6. The Labute approximate surface area is 202 Å². The van der Waals surface area contributed by atoms with Gasteiger partial charge in [-0.25, -0.2) is 17.9 Å². The van der Waals surface area contributed by atoms with Gasteiger partial charge in [-0.1, -0.05) is 18.2 Å². The molecular weight excluding hydrogens is 466 g/mol. The summed E-state index contributed by atoms with van der Waals surface area (Å²) in [5.74, 6) is 0.141. The van der Waals surface area contributed by atoms with Crippen molar-refractivity contribution in [3.05, 3.63) is 66.7 Å². The zero-order chi connectivity index (χ0) is 24.6. The first-order valence-electron chi connectivity index (χ1n) is 11.2. The van der Waals surface area contributed by atoms with E-state index in [4.69, 9.17) is 5.73 Å². The van der Waals surface area contributed by atoms with Gasteiger partial charge in [0.05, 0.1) is 16.3 Å². The number of hydrogen-bond acceptors (Lipinski definition) is 8. The molecule has 0 bridgehead atoms. The molecule has 1 aliphatic heterocycles. The summed E-state index contributed by atoms with van der Waals surface area (Å²) >= 11 is 0. The van der Waals surface area contributed by atoms with Gasteiger partial charge in [0, 0.05) is 37.1 Å². The van der Waals surface area contributed by atoms with Crippen LogP contribution in [0.15, 0.2) is 66.0 Å². The molecule has 35 heavy (non-hydrogen) atoms. The molecule has 1 saturated heterocycles. The van der Waals surface area contributed by atoms with Crippen molar-refractivity contribution in [1.82, 2.24) is 24.9 Å². The van der Waals surface area contributed by atoms with Gasteiger partial charge in [-0.05, 0) is 43.2 Å². The first-order valence-corrected chi connectivity index (χ1v) is 13.1. The summed E-state index contributed by atoms with van der Waals surface area (Å²) in [6.07, 6.45) is 5.91. The lowest BCUT2D eigenvalue weighted by Gasteiger charge is -2.34. The molecule has 4 heterocycles. The minimum Gasteiger partial charge on any atom is -0.382 e. The summed E-state index contributed by atoms with van der Waals surface area (Å²) in [5.41, 5.74) is 9.76. The number of piperidine rings is 1. The number of pyridine rings is 1. The van der Waals surface area contributed by atoms with Gasteiger partial charge >= 0.3 is 0 Å². The molecule has 10 nitrogen and oxygen atoms in total. The van der Waals surface area contributed by atoms with E-state index >= 15 is 0 Å². The summed E-state index contributed by atoms with van der Waals surface area (Å²) in [4.78, 5) is 23.4. The maximum atomic E-state index is 12.6. The van der Waals surface area contributed by atoms with Crippen LogP contribution in [0.5, 0.6) is 0 Å². The number of anilines is 2. The van der Waals surface area contributed by atoms with E-state index in [2.05, 4.69) is 25.3 Å². The lowest BCUT2D eigenvalue weighted by atomic mass is 10.0. The SMILES string of the molecule is CS(=O)(=O)c1ccc(-c2cc(N3CCCC(NC(=O)c4ccccn4)C3)c3c(N)ncnn23)cc1. The Bertz CT molecular complexity index is 1490. The molecule has 11 heteroatoms. The van der Waals surface area contributed by atoms with Crippen molar-refractivity contribution in [2.45, 2.75) is 23.8 Å². The van der Waals surface area contributed by atoms with Gasteiger partial charge < -0.3 is 16.0 Å². The molecule has 1 fully saturated rings. The number of nitrogen functional groups attached to an aromatic ring is 1. The number of hydrogen-bond donors (Lipinski definition) is 2. The molecule has 1 aliphatic rings. The Balaban J connectivity index is 1.47. The predicted molar refractivity (Wildman–Crippen MR) is 133 cm³/mol. The third-order valence-electron chi connectivity index (χ3n) is 6.14. The van der Waals surface area contributed by atoms with Crippen molar-refractivity contribution in [1.29, 1.82) is 0 Å². The number of rotatable bonds is 5. The largest absolute Gasteiger partial charge is 0.382 e. The molecule has 4 aromatic rings. The van der Waals surface area contributed by atoms with Gasteiger partial charge in [0.25, 0.3) is 5.91 Å². The van der Waals surface area contributed by atoms with Crippen LogP contribution in [0.1, 0.15) is 23.3 Å². The smallest absolute Gasteiger partial charge is 0.270 e. The molecule has 3 N–H and O–H groups in total. The van der Waals surface area contributed by atoms with Gasteiger partial charge in [0.15, 0.2) is 15.7 Å². The lowest BCUT2D eigenvalue weighted by Crippen LogP contribution is -2.48. The quantitative estimate of drug-likeness (QED) is 0.434. The van der Waals surface area contributed by atoms with Crippen molar-refractivity contribution in [2.75, 3.05) is 30.0 Å². The van der Waals surface area contributed by atoms with Crippen molar-refractivity contribution in [3.63, 3.8) is 0 Å². The molecule has 0 spiro atoms. The third-order valence-corrected chi connectivity index (χ3v) is 7.26. The molecule has 1 unspecified atom stereocenters. The molecule has 180 valence electrons. The molecule has 1 atom stereocenters. The first kappa shape index (κ1) is 22.8. The lowest BCUT2D eigenvalue weighted by molar-refractivity contribution is 0.0928. The molecule has 1 amide bonds. The van der Waals surface area contributed by atoms with Gasteiger partial charge in [-0.15, -0.1) is 0 Å². The van der Waals surface area contributed by atoms with Crippen molar-refractivity contribution in [2.24, 2.45) is 0 Å². The second-order valence-electron chi connectivity index (χ2n) is 8.59. The van der Waals surface area contributed by atoms with Crippen molar-refractivity contribution < 1.29 is 13.2 Å². The predicted octanol–water partition coefficient (Wildman–Crippen LogP) is 2.18. The monoisotopic (exact) mass is 491 g/mol. The number of nitrogens with one attached hydrogen (secondary N) is 1. The van der Waals surface area contributed by atoms with E-state index in [1.165, 1.54) is 12.6 Å². The summed E-state index contributed by atoms with van der Waals surface area (Å²) in [6, 6.07) is 13.9. The fourth-order valence-electron chi connectivity index (χ4n) is 4.44. The van der Waals surface area contributed by atoms with E-state index in [9.17, 15) is 13.2 Å².